The molecular formula is C27H34Cl3N3O2. The summed E-state index contributed by atoms with van der Waals surface area (Å²) in [5, 5.41) is 4.21. The number of ether oxygens (including phenoxy) is 2. The van der Waals surface area contributed by atoms with Crippen LogP contribution >= 0.6 is 36.4 Å². The van der Waals surface area contributed by atoms with Gasteiger partial charge in [-0.2, -0.15) is 0 Å². The van der Waals surface area contributed by atoms with E-state index in [0.29, 0.717) is 24.4 Å². The molecule has 0 atom stereocenters. The number of hydrogen-bond acceptors (Lipinski definition) is 5. The molecule has 2 aromatic carbocycles. The molecule has 190 valence electrons. The number of aromatic nitrogens is 1. The molecule has 0 bridgehead atoms. The predicted molar refractivity (Wildman–Crippen MR) is 147 cm³/mol. The van der Waals surface area contributed by atoms with Crippen LogP contribution in [0.3, 0.4) is 0 Å². The van der Waals surface area contributed by atoms with Gasteiger partial charge in [0.25, 0.3) is 0 Å². The van der Waals surface area contributed by atoms with Crippen LogP contribution in [0, 0.1) is 0 Å². The van der Waals surface area contributed by atoms with Crippen LogP contribution in [-0.4, -0.2) is 35.6 Å². The van der Waals surface area contributed by atoms with E-state index in [4.69, 9.17) is 21.1 Å². The molecule has 2 heterocycles. The van der Waals surface area contributed by atoms with Gasteiger partial charge in [-0.15, -0.1) is 24.8 Å². The van der Waals surface area contributed by atoms with Crippen LogP contribution in [0.1, 0.15) is 36.5 Å². The van der Waals surface area contributed by atoms with Gasteiger partial charge in [0, 0.05) is 30.9 Å². The van der Waals surface area contributed by atoms with Crippen LogP contribution in [0.15, 0.2) is 66.9 Å². The van der Waals surface area contributed by atoms with Crippen LogP contribution in [-0.2, 0) is 19.7 Å². The van der Waals surface area contributed by atoms with E-state index in [1.165, 1.54) is 24.0 Å². The molecule has 1 N–H and O–H groups in total. The van der Waals surface area contributed by atoms with E-state index in [0.717, 1.165) is 43.2 Å². The molecule has 5 nitrogen and oxygen atoms in total. The fourth-order valence-electron chi connectivity index (χ4n) is 4.10. The number of hydrogen-bond donors (Lipinski definition) is 1. The summed E-state index contributed by atoms with van der Waals surface area (Å²) in [6, 6.07) is 21.1. The van der Waals surface area contributed by atoms with Crippen molar-refractivity contribution in [2.45, 2.75) is 45.5 Å². The molecule has 1 fully saturated rings. The minimum Gasteiger partial charge on any atom is -0.490 e. The Morgan fingerprint density at radius 3 is 2.34 bits per heavy atom. The second-order valence-electron chi connectivity index (χ2n) is 8.41. The lowest BCUT2D eigenvalue weighted by molar-refractivity contribution is 0.190. The average molecular weight is 539 g/mol. The lowest BCUT2D eigenvalue weighted by Gasteiger charge is -2.32. The average Bonchev–Trinajstić information content (AvgIpc) is 2.85. The summed E-state index contributed by atoms with van der Waals surface area (Å²) >= 11 is 5.86. The maximum Gasteiger partial charge on any atom is 0.161 e. The molecule has 0 unspecified atom stereocenters. The highest BCUT2D eigenvalue weighted by atomic mass is 35.5. The number of nitrogens with zero attached hydrogens (tertiary/aromatic N) is 2. The van der Waals surface area contributed by atoms with Gasteiger partial charge < -0.3 is 14.8 Å². The molecule has 3 aromatic rings. The molecule has 35 heavy (non-hydrogen) atoms. The number of pyridine rings is 1. The van der Waals surface area contributed by atoms with Gasteiger partial charge in [-0.05, 0) is 62.2 Å². The molecule has 8 heteroatoms. The molecule has 0 radical (unpaired) electrons. The van der Waals surface area contributed by atoms with Crippen molar-refractivity contribution in [2.24, 2.45) is 0 Å². The number of likely N-dealkylation sites (tertiary alicyclic amines) is 1. The van der Waals surface area contributed by atoms with Gasteiger partial charge in [0.2, 0.25) is 0 Å². The van der Waals surface area contributed by atoms with Crippen LogP contribution in [0.25, 0.3) is 0 Å². The maximum atomic E-state index is 5.99. The Bertz CT molecular complexity index is 998. The van der Waals surface area contributed by atoms with Crippen molar-refractivity contribution < 1.29 is 9.47 Å². The normalized spacial score (nSPS) is 14.0. The second kappa shape index (κ2) is 15.2. The zero-order valence-corrected chi connectivity index (χ0v) is 22.4. The first-order valence-electron chi connectivity index (χ1n) is 11.7. The number of halogens is 3. The molecule has 1 aromatic heterocycles. The monoisotopic (exact) mass is 537 g/mol. The van der Waals surface area contributed by atoms with E-state index in [2.05, 4.69) is 57.7 Å². The Hall–Kier alpha value is -2.02. The van der Waals surface area contributed by atoms with E-state index in [1.807, 2.05) is 19.1 Å². The second-order valence-corrected chi connectivity index (χ2v) is 8.80. The number of benzene rings is 2. The van der Waals surface area contributed by atoms with Gasteiger partial charge in [-0.25, -0.2) is 4.98 Å². The highest BCUT2D eigenvalue weighted by Crippen LogP contribution is 2.29. The van der Waals surface area contributed by atoms with Crippen molar-refractivity contribution in [3.05, 3.63) is 88.7 Å². The van der Waals surface area contributed by atoms with Crippen LogP contribution in [0.5, 0.6) is 11.5 Å². The largest absolute Gasteiger partial charge is 0.490 e. The smallest absolute Gasteiger partial charge is 0.161 e. The van der Waals surface area contributed by atoms with E-state index >= 15 is 0 Å². The van der Waals surface area contributed by atoms with Gasteiger partial charge in [-0.3, -0.25) is 4.90 Å². The first-order valence-corrected chi connectivity index (χ1v) is 12.1. The van der Waals surface area contributed by atoms with E-state index in [1.54, 1.807) is 12.3 Å². The molecular weight excluding hydrogens is 505 g/mol. The molecule has 0 saturated carbocycles. The maximum absolute atomic E-state index is 5.99. The first-order chi connectivity index (χ1) is 16.2. The third-order valence-corrected chi connectivity index (χ3v) is 6.15. The minimum absolute atomic E-state index is 0. The SMILES string of the molecule is CCOc1cc(CNC2CCN(Cc3ccccc3)CC2)ccc1OCc1ccc(Cl)nc1.Cl.Cl. The summed E-state index contributed by atoms with van der Waals surface area (Å²) in [5.41, 5.74) is 3.55. The summed E-state index contributed by atoms with van der Waals surface area (Å²) in [5.74, 6) is 1.51. The third kappa shape index (κ3) is 9.17. The Labute approximate surface area is 226 Å². The van der Waals surface area contributed by atoms with E-state index in [-0.39, 0.29) is 24.8 Å². The predicted octanol–water partition coefficient (Wildman–Crippen LogP) is 6.31. The van der Waals surface area contributed by atoms with Gasteiger partial charge in [0.1, 0.15) is 11.8 Å². The zero-order chi connectivity index (χ0) is 22.9. The number of rotatable bonds is 10. The summed E-state index contributed by atoms with van der Waals surface area (Å²) in [7, 11) is 0. The van der Waals surface area contributed by atoms with Crippen molar-refractivity contribution in [1.29, 1.82) is 0 Å². The topological polar surface area (TPSA) is 46.6 Å². The van der Waals surface area contributed by atoms with Crippen LogP contribution in [0.2, 0.25) is 5.15 Å². The quantitative estimate of drug-likeness (QED) is 0.307. The first kappa shape index (κ1) is 29.2. The lowest BCUT2D eigenvalue weighted by Crippen LogP contribution is -2.41. The highest BCUT2D eigenvalue weighted by molar-refractivity contribution is 6.29. The summed E-state index contributed by atoms with van der Waals surface area (Å²) in [6.45, 7) is 7.12. The molecule has 4 rings (SSSR count). The van der Waals surface area contributed by atoms with Crippen molar-refractivity contribution in [2.75, 3.05) is 19.7 Å². The summed E-state index contributed by atoms with van der Waals surface area (Å²) in [4.78, 5) is 6.65. The van der Waals surface area contributed by atoms with Gasteiger partial charge >= 0.3 is 0 Å². The van der Waals surface area contributed by atoms with Crippen LogP contribution in [0.4, 0.5) is 0 Å². The van der Waals surface area contributed by atoms with Crippen LogP contribution < -0.4 is 14.8 Å². The third-order valence-electron chi connectivity index (χ3n) is 5.92. The molecule has 0 aliphatic carbocycles. The van der Waals surface area contributed by atoms with Crippen molar-refractivity contribution in [3.63, 3.8) is 0 Å². The lowest BCUT2D eigenvalue weighted by atomic mass is 10.0. The van der Waals surface area contributed by atoms with Gasteiger partial charge in [0.05, 0.1) is 6.61 Å². The van der Waals surface area contributed by atoms with Gasteiger partial charge in [-0.1, -0.05) is 54.1 Å². The fourth-order valence-corrected chi connectivity index (χ4v) is 4.21. The number of piperidine rings is 1. The van der Waals surface area contributed by atoms with E-state index in [9.17, 15) is 0 Å². The molecule has 1 aliphatic heterocycles. The zero-order valence-electron chi connectivity index (χ0n) is 20.0. The molecule has 1 aliphatic rings. The van der Waals surface area contributed by atoms with Crippen molar-refractivity contribution in [1.82, 2.24) is 15.2 Å². The Balaban J connectivity index is 0.00000216. The van der Waals surface area contributed by atoms with Crippen molar-refractivity contribution in [3.8, 4) is 11.5 Å². The summed E-state index contributed by atoms with van der Waals surface area (Å²) < 4.78 is 11.8. The molecule has 1 saturated heterocycles. The fraction of sp³-hybridized carbons (Fsp3) is 0.370. The Kier molecular flexibility index (Phi) is 12.7. The standard InChI is InChI=1S/C27H32ClN3O2.2ClH/c1-2-32-26-16-22(8-10-25(26)33-20-23-9-11-27(28)30-18-23)17-29-24-12-14-31(15-13-24)19-21-6-4-3-5-7-21;;/h3-11,16,18,24,29H,2,12-15,17,19-20H2,1H3;2*1H. The minimum atomic E-state index is 0. The molecule has 0 spiro atoms. The Morgan fingerprint density at radius 2 is 1.66 bits per heavy atom. The summed E-state index contributed by atoms with van der Waals surface area (Å²) in [6.07, 6.45) is 4.06. The highest BCUT2D eigenvalue weighted by Gasteiger charge is 2.19. The van der Waals surface area contributed by atoms with Gasteiger partial charge in [0.15, 0.2) is 11.5 Å². The van der Waals surface area contributed by atoms with E-state index < -0.39 is 0 Å². The molecule has 0 amide bonds. The number of nitrogens with one attached hydrogen (secondary N) is 1. The van der Waals surface area contributed by atoms with Crippen molar-refractivity contribution >= 4 is 36.4 Å². The Morgan fingerprint density at radius 1 is 0.914 bits per heavy atom.